The number of carbonyl (C=O) groups excluding carboxylic acids is 1. The van der Waals surface area contributed by atoms with Gasteiger partial charge in [0.15, 0.2) is 17.6 Å². The lowest BCUT2D eigenvalue weighted by Gasteiger charge is -2.13. The zero-order valence-corrected chi connectivity index (χ0v) is 11.2. The summed E-state index contributed by atoms with van der Waals surface area (Å²) in [6.45, 7) is 0. The lowest BCUT2D eigenvalue weighted by molar-refractivity contribution is -0.139. The highest BCUT2D eigenvalue weighted by molar-refractivity contribution is 6.48. The number of carbonyl (C=O) groups is 1. The maximum absolute atomic E-state index is 11.3. The van der Waals surface area contributed by atoms with E-state index >= 15 is 0 Å². The molecule has 4 nitrogen and oxygen atoms in total. The summed E-state index contributed by atoms with van der Waals surface area (Å²) in [6.07, 6.45) is -0.688. The summed E-state index contributed by atoms with van der Waals surface area (Å²) in [7, 11) is 3.06. The molecule has 0 saturated carbocycles. The fraction of sp³-hybridized carbons (Fsp3) is 0.250. The molecule has 1 aliphatic heterocycles. The highest BCUT2D eigenvalue weighted by Gasteiger charge is 2.33. The molecule has 0 amide bonds. The van der Waals surface area contributed by atoms with E-state index in [0.717, 1.165) is 0 Å². The van der Waals surface area contributed by atoms with Crippen LogP contribution in [0, 0.1) is 0 Å². The van der Waals surface area contributed by atoms with Crippen LogP contribution in [-0.4, -0.2) is 20.2 Å². The average Bonchev–Trinajstić information content (AvgIpc) is 2.65. The summed E-state index contributed by atoms with van der Waals surface area (Å²) in [5.74, 6) is 0.483. The molecule has 1 aliphatic rings. The Morgan fingerprint density at radius 1 is 1.17 bits per heavy atom. The first-order valence-electron chi connectivity index (χ1n) is 5.06. The summed E-state index contributed by atoms with van der Waals surface area (Å²) in [5, 5.41) is 0.0883. The molecule has 96 valence electrons. The van der Waals surface area contributed by atoms with Crippen molar-refractivity contribution in [2.24, 2.45) is 0 Å². The summed E-state index contributed by atoms with van der Waals surface area (Å²) in [5.41, 5.74) is 0.668. The predicted octanol–water partition coefficient (Wildman–Crippen LogP) is 2.99. The third-order valence-corrected chi connectivity index (χ3v) is 3.40. The largest absolute Gasteiger partial charge is 0.493 e. The average molecular weight is 289 g/mol. The Hall–Kier alpha value is -1.39. The van der Waals surface area contributed by atoms with E-state index in [-0.39, 0.29) is 10.1 Å². The molecule has 1 aromatic rings. The smallest absolute Gasteiger partial charge is 0.352 e. The molecule has 6 heteroatoms. The van der Waals surface area contributed by atoms with Crippen molar-refractivity contribution in [2.75, 3.05) is 14.2 Å². The molecule has 2 rings (SSSR count). The molecule has 0 unspecified atom stereocenters. The Balaban J connectivity index is 2.39. The van der Waals surface area contributed by atoms with Crippen LogP contribution in [0.5, 0.6) is 11.5 Å². The zero-order valence-electron chi connectivity index (χ0n) is 9.70. The SMILES string of the molecule is COc1ccc([C@H]2OC(=O)C(Cl)=C2Cl)cc1OC. The number of ether oxygens (including phenoxy) is 3. The van der Waals surface area contributed by atoms with Gasteiger partial charge in [0.1, 0.15) is 5.03 Å². The van der Waals surface area contributed by atoms with Gasteiger partial charge in [-0.3, -0.25) is 0 Å². The molecule has 1 aromatic carbocycles. The summed E-state index contributed by atoms with van der Waals surface area (Å²) >= 11 is 11.7. The van der Waals surface area contributed by atoms with Crippen LogP contribution in [0.25, 0.3) is 0 Å². The van der Waals surface area contributed by atoms with Gasteiger partial charge in [-0.05, 0) is 12.1 Å². The third-order valence-electron chi connectivity index (χ3n) is 2.55. The lowest BCUT2D eigenvalue weighted by Crippen LogP contribution is -2.02. The number of benzene rings is 1. The first-order valence-corrected chi connectivity index (χ1v) is 5.82. The van der Waals surface area contributed by atoms with Gasteiger partial charge in [0.05, 0.1) is 19.3 Å². The van der Waals surface area contributed by atoms with E-state index in [9.17, 15) is 4.79 Å². The molecule has 0 bridgehead atoms. The maximum Gasteiger partial charge on any atom is 0.352 e. The van der Waals surface area contributed by atoms with Gasteiger partial charge in [-0.1, -0.05) is 29.3 Å². The Labute approximate surface area is 114 Å². The van der Waals surface area contributed by atoms with Crippen molar-refractivity contribution in [1.82, 2.24) is 0 Å². The molecular formula is C12H10Cl2O4. The Bertz CT molecular complexity index is 525. The number of esters is 1. The Kier molecular flexibility index (Phi) is 3.68. The van der Waals surface area contributed by atoms with Gasteiger partial charge in [0.25, 0.3) is 0 Å². The molecule has 0 fully saturated rings. The highest BCUT2D eigenvalue weighted by Crippen LogP contribution is 2.41. The summed E-state index contributed by atoms with van der Waals surface area (Å²) in [4.78, 5) is 11.3. The van der Waals surface area contributed by atoms with Gasteiger partial charge in [0, 0.05) is 5.56 Å². The quantitative estimate of drug-likeness (QED) is 0.802. The van der Waals surface area contributed by atoms with E-state index in [4.69, 9.17) is 37.4 Å². The van der Waals surface area contributed by atoms with E-state index in [2.05, 4.69) is 0 Å². The van der Waals surface area contributed by atoms with Crippen LogP contribution in [0.4, 0.5) is 0 Å². The lowest BCUT2D eigenvalue weighted by atomic mass is 10.1. The monoisotopic (exact) mass is 288 g/mol. The molecule has 1 atom stereocenters. The topological polar surface area (TPSA) is 44.8 Å². The van der Waals surface area contributed by atoms with Crippen LogP contribution >= 0.6 is 23.2 Å². The fourth-order valence-electron chi connectivity index (χ4n) is 1.65. The minimum Gasteiger partial charge on any atom is -0.493 e. The molecule has 0 N–H and O–H groups in total. The van der Waals surface area contributed by atoms with Crippen molar-refractivity contribution in [3.8, 4) is 11.5 Å². The second kappa shape index (κ2) is 5.08. The molecule has 0 spiro atoms. The molecule has 0 aliphatic carbocycles. The molecule has 0 radical (unpaired) electrons. The van der Waals surface area contributed by atoms with E-state index in [1.165, 1.54) is 14.2 Å². The van der Waals surface area contributed by atoms with Gasteiger partial charge in [-0.25, -0.2) is 4.79 Å². The first-order chi connectivity index (χ1) is 8.58. The Morgan fingerprint density at radius 3 is 2.33 bits per heavy atom. The van der Waals surface area contributed by atoms with E-state index in [0.29, 0.717) is 17.1 Å². The second-order valence-electron chi connectivity index (χ2n) is 3.56. The van der Waals surface area contributed by atoms with Crippen LogP contribution in [0.3, 0.4) is 0 Å². The highest BCUT2D eigenvalue weighted by atomic mass is 35.5. The van der Waals surface area contributed by atoms with Gasteiger partial charge in [0.2, 0.25) is 0 Å². The van der Waals surface area contributed by atoms with Crippen molar-refractivity contribution in [2.45, 2.75) is 6.10 Å². The van der Waals surface area contributed by atoms with Crippen molar-refractivity contribution in [1.29, 1.82) is 0 Å². The summed E-state index contributed by atoms with van der Waals surface area (Å²) < 4.78 is 15.4. The van der Waals surface area contributed by atoms with Crippen molar-refractivity contribution >= 4 is 29.2 Å². The number of hydrogen-bond acceptors (Lipinski definition) is 4. The van der Waals surface area contributed by atoms with Crippen molar-refractivity contribution in [3.63, 3.8) is 0 Å². The number of hydrogen-bond donors (Lipinski definition) is 0. The number of halogens is 2. The third kappa shape index (κ3) is 2.13. The van der Waals surface area contributed by atoms with Gasteiger partial charge < -0.3 is 14.2 Å². The van der Waals surface area contributed by atoms with Crippen molar-refractivity contribution < 1.29 is 19.0 Å². The van der Waals surface area contributed by atoms with Gasteiger partial charge in [-0.15, -0.1) is 0 Å². The van der Waals surface area contributed by atoms with Crippen LogP contribution < -0.4 is 9.47 Å². The predicted molar refractivity (Wildman–Crippen MR) is 67.1 cm³/mol. The second-order valence-corrected chi connectivity index (χ2v) is 4.35. The standard InChI is InChI=1S/C12H10Cl2O4/c1-16-7-4-3-6(5-8(7)17-2)11-9(13)10(14)12(15)18-11/h3-5,11H,1-2H3/t11-/m1/s1. The number of rotatable bonds is 3. The van der Waals surface area contributed by atoms with E-state index in [1.807, 2.05) is 0 Å². The number of methoxy groups -OCH3 is 2. The van der Waals surface area contributed by atoms with Gasteiger partial charge in [-0.2, -0.15) is 0 Å². The number of cyclic esters (lactones) is 1. The minimum absolute atomic E-state index is 0.0866. The normalized spacial score (nSPS) is 18.9. The maximum atomic E-state index is 11.3. The molecule has 18 heavy (non-hydrogen) atoms. The van der Waals surface area contributed by atoms with Crippen LogP contribution in [0.15, 0.2) is 28.3 Å². The zero-order chi connectivity index (χ0) is 13.3. The van der Waals surface area contributed by atoms with E-state index < -0.39 is 12.1 Å². The summed E-state index contributed by atoms with van der Waals surface area (Å²) in [6, 6.07) is 5.13. The van der Waals surface area contributed by atoms with Crippen molar-refractivity contribution in [3.05, 3.63) is 33.8 Å². The van der Waals surface area contributed by atoms with Crippen LogP contribution in [0.1, 0.15) is 11.7 Å². The molecule has 0 saturated heterocycles. The van der Waals surface area contributed by atoms with Gasteiger partial charge >= 0.3 is 5.97 Å². The molecule has 1 heterocycles. The van der Waals surface area contributed by atoms with Crippen LogP contribution in [-0.2, 0) is 9.53 Å². The minimum atomic E-state index is -0.688. The Morgan fingerprint density at radius 2 is 1.83 bits per heavy atom. The molecular weight excluding hydrogens is 279 g/mol. The molecule has 0 aromatic heterocycles. The fourth-order valence-corrected chi connectivity index (χ4v) is 2.04. The first kappa shape index (κ1) is 13.1. The van der Waals surface area contributed by atoms with Crippen LogP contribution in [0.2, 0.25) is 0 Å². The van der Waals surface area contributed by atoms with E-state index in [1.54, 1.807) is 18.2 Å².